The lowest BCUT2D eigenvalue weighted by Crippen LogP contribution is -2.43. The summed E-state index contributed by atoms with van der Waals surface area (Å²) < 4.78 is 0. The Morgan fingerprint density at radius 2 is 1.36 bits per heavy atom. The first-order valence-electron chi connectivity index (χ1n) is 5.86. The fourth-order valence-electron chi connectivity index (χ4n) is 1.80. The largest absolute Gasteiger partial charge is 0.318 e. The van der Waals surface area contributed by atoms with Crippen molar-refractivity contribution in [2.75, 3.05) is 26.7 Å². The highest BCUT2D eigenvalue weighted by atomic mass is 15.2. The van der Waals surface area contributed by atoms with Crippen LogP contribution < -0.4 is 5.32 Å². The second-order valence-electron chi connectivity index (χ2n) is 5.15. The van der Waals surface area contributed by atoms with Crippen LogP contribution >= 0.6 is 0 Å². The van der Waals surface area contributed by atoms with Crippen molar-refractivity contribution in [2.45, 2.75) is 40.7 Å². The molecule has 0 fully saturated rings. The molecular formula is C12H28N2. The predicted molar refractivity (Wildman–Crippen MR) is 64.6 cm³/mol. The molecule has 86 valence electrons. The van der Waals surface area contributed by atoms with E-state index in [-0.39, 0.29) is 0 Å². The molecule has 0 aliphatic heterocycles. The van der Waals surface area contributed by atoms with Crippen LogP contribution in [-0.2, 0) is 0 Å². The van der Waals surface area contributed by atoms with Gasteiger partial charge in [0.05, 0.1) is 0 Å². The minimum absolute atomic E-state index is 0.643. The Bertz CT molecular complexity index is 122. The fourth-order valence-corrected chi connectivity index (χ4v) is 1.80. The summed E-state index contributed by atoms with van der Waals surface area (Å²) in [5.74, 6) is 1.51. The monoisotopic (exact) mass is 200 g/mol. The van der Waals surface area contributed by atoms with Gasteiger partial charge in [0.1, 0.15) is 0 Å². The van der Waals surface area contributed by atoms with Crippen LogP contribution in [0.1, 0.15) is 34.6 Å². The van der Waals surface area contributed by atoms with Crippen LogP contribution in [0.2, 0.25) is 0 Å². The summed E-state index contributed by atoms with van der Waals surface area (Å²) in [7, 11) is 2.03. The molecule has 1 atom stereocenters. The topological polar surface area (TPSA) is 15.3 Å². The van der Waals surface area contributed by atoms with Gasteiger partial charge in [-0.25, -0.2) is 0 Å². The van der Waals surface area contributed by atoms with E-state index in [9.17, 15) is 0 Å². The molecule has 0 amide bonds. The molecule has 0 saturated heterocycles. The first kappa shape index (κ1) is 13.9. The van der Waals surface area contributed by atoms with Crippen LogP contribution in [-0.4, -0.2) is 37.6 Å². The average molecular weight is 200 g/mol. The van der Waals surface area contributed by atoms with Crippen molar-refractivity contribution in [1.82, 2.24) is 10.2 Å². The van der Waals surface area contributed by atoms with Crippen molar-refractivity contribution in [3.05, 3.63) is 0 Å². The lowest BCUT2D eigenvalue weighted by atomic mass is 10.1. The fraction of sp³-hybridized carbons (Fsp3) is 1.00. The van der Waals surface area contributed by atoms with Crippen molar-refractivity contribution in [1.29, 1.82) is 0 Å². The molecule has 14 heavy (non-hydrogen) atoms. The molecule has 1 unspecified atom stereocenters. The third-order valence-electron chi connectivity index (χ3n) is 2.32. The van der Waals surface area contributed by atoms with Crippen molar-refractivity contribution in [2.24, 2.45) is 11.8 Å². The van der Waals surface area contributed by atoms with E-state index < -0.39 is 0 Å². The normalized spacial score (nSPS) is 14.4. The highest BCUT2D eigenvalue weighted by Crippen LogP contribution is 2.07. The molecule has 0 aliphatic rings. The standard InChI is InChI=1S/C12H28N2/c1-10(2)8-14(9-11(3)4)12(5)7-13-6/h10-13H,7-9H2,1-6H3. The number of rotatable bonds is 7. The number of nitrogens with one attached hydrogen (secondary N) is 1. The maximum absolute atomic E-state index is 3.25. The van der Waals surface area contributed by atoms with Crippen LogP contribution in [0, 0.1) is 11.8 Å². The van der Waals surface area contributed by atoms with Gasteiger partial charge in [0.25, 0.3) is 0 Å². The van der Waals surface area contributed by atoms with E-state index in [1.807, 2.05) is 7.05 Å². The smallest absolute Gasteiger partial charge is 0.0192 e. The minimum Gasteiger partial charge on any atom is -0.318 e. The quantitative estimate of drug-likeness (QED) is 0.678. The van der Waals surface area contributed by atoms with E-state index in [4.69, 9.17) is 0 Å². The van der Waals surface area contributed by atoms with Gasteiger partial charge in [-0.05, 0) is 25.8 Å². The molecule has 0 aromatic heterocycles. The molecular weight excluding hydrogens is 172 g/mol. The van der Waals surface area contributed by atoms with E-state index in [1.165, 1.54) is 13.1 Å². The zero-order chi connectivity index (χ0) is 11.1. The third-order valence-corrected chi connectivity index (χ3v) is 2.32. The molecule has 0 radical (unpaired) electrons. The van der Waals surface area contributed by atoms with Crippen LogP contribution in [0.15, 0.2) is 0 Å². The number of hydrogen-bond acceptors (Lipinski definition) is 2. The third kappa shape index (κ3) is 6.39. The first-order valence-corrected chi connectivity index (χ1v) is 5.86. The Kier molecular flexibility index (Phi) is 7.20. The number of likely N-dealkylation sites (N-methyl/N-ethyl adjacent to an activating group) is 1. The van der Waals surface area contributed by atoms with Crippen LogP contribution in [0.4, 0.5) is 0 Å². The highest BCUT2D eigenvalue weighted by Gasteiger charge is 2.15. The summed E-state index contributed by atoms with van der Waals surface area (Å²) in [5, 5.41) is 3.25. The van der Waals surface area contributed by atoms with Gasteiger partial charge >= 0.3 is 0 Å². The predicted octanol–water partition coefficient (Wildman–Crippen LogP) is 2.21. The van der Waals surface area contributed by atoms with Crippen LogP contribution in [0.3, 0.4) is 0 Å². The molecule has 2 heteroatoms. The van der Waals surface area contributed by atoms with Gasteiger partial charge < -0.3 is 5.32 Å². The van der Waals surface area contributed by atoms with E-state index in [2.05, 4.69) is 44.8 Å². The van der Waals surface area contributed by atoms with Gasteiger partial charge in [0, 0.05) is 25.7 Å². The van der Waals surface area contributed by atoms with Crippen molar-refractivity contribution in [3.8, 4) is 0 Å². The summed E-state index contributed by atoms with van der Waals surface area (Å²) >= 11 is 0. The maximum atomic E-state index is 3.25. The van der Waals surface area contributed by atoms with Crippen molar-refractivity contribution >= 4 is 0 Å². The molecule has 1 N–H and O–H groups in total. The first-order chi connectivity index (χ1) is 6.47. The molecule has 0 saturated carbocycles. The van der Waals surface area contributed by atoms with Gasteiger partial charge in [-0.2, -0.15) is 0 Å². The van der Waals surface area contributed by atoms with E-state index in [0.29, 0.717) is 6.04 Å². The molecule has 0 aromatic carbocycles. The van der Waals surface area contributed by atoms with Crippen molar-refractivity contribution in [3.63, 3.8) is 0 Å². The Balaban J connectivity index is 4.08. The molecule has 0 spiro atoms. The van der Waals surface area contributed by atoms with E-state index in [1.54, 1.807) is 0 Å². The molecule has 0 heterocycles. The summed E-state index contributed by atoms with van der Waals surface area (Å²) in [5.41, 5.74) is 0. The summed E-state index contributed by atoms with van der Waals surface area (Å²) in [4.78, 5) is 2.59. The Morgan fingerprint density at radius 3 is 1.64 bits per heavy atom. The summed E-state index contributed by atoms with van der Waals surface area (Å²) in [6.45, 7) is 15.0. The Hall–Kier alpha value is -0.0800. The minimum atomic E-state index is 0.643. The van der Waals surface area contributed by atoms with Gasteiger partial charge in [-0.1, -0.05) is 27.7 Å². The van der Waals surface area contributed by atoms with Gasteiger partial charge in [-0.15, -0.1) is 0 Å². The second-order valence-corrected chi connectivity index (χ2v) is 5.15. The molecule has 0 aliphatic carbocycles. The number of hydrogen-bond donors (Lipinski definition) is 1. The van der Waals surface area contributed by atoms with Gasteiger partial charge in [0.15, 0.2) is 0 Å². The highest BCUT2D eigenvalue weighted by molar-refractivity contribution is 4.71. The average Bonchev–Trinajstić information content (AvgIpc) is 2.01. The lowest BCUT2D eigenvalue weighted by Gasteiger charge is -2.32. The second kappa shape index (κ2) is 7.24. The van der Waals surface area contributed by atoms with Crippen molar-refractivity contribution < 1.29 is 0 Å². The van der Waals surface area contributed by atoms with Gasteiger partial charge in [-0.3, -0.25) is 4.90 Å². The van der Waals surface area contributed by atoms with Crippen LogP contribution in [0.5, 0.6) is 0 Å². The zero-order valence-electron chi connectivity index (χ0n) is 10.8. The molecule has 0 aromatic rings. The van der Waals surface area contributed by atoms with Gasteiger partial charge in [0.2, 0.25) is 0 Å². The SMILES string of the molecule is CNCC(C)N(CC(C)C)CC(C)C. The van der Waals surface area contributed by atoms with E-state index >= 15 is 0 Å². The number of nitrogens with zero attached hydrogens (tertiary/aromatic N) is 1. The summed E-state index contributed by atoms with van der Waals surface area (Å²) in [6, 6.07) is 0.643. The Labute approximate surface area is 90.1 Å². The zero-order valence-corrected chi connectivity index (χ0v) is 10.8. The molecule has 2 nitrogen and oxygen atoms in total. The molecule has 0 bridgehead atoms. The Morgan fingerprint density at radius 1 is 0.929 bits per heavy atom. The summed E-state index contributed by atoms with van der Waals surface area (Å²) in [6.07, 6.45) is 0. The van der Waals surface area contributed by atoms with Crippen LogP contribution in [0.25, 0.3) is 0 Å². The van der Waals surface area contributed by atoms with E-state index in [0.717, 1.165) is 18.4 Å². The maximum Gasteiger partial charge on any atom is 0.0192 e. The lowest BCUT2D eigenvalue weighted by molar-refractivity contribution is 0.165. The molecule has 0 rings (SSSR count).